The number of guanidine groups is 1. The van der Waals surface area contributed by atoms with Gasteiger partial charge in [-0.25, -0.2) is 4.99 Å². The van der Waals surface area contributed by atoms with Crippen molar-refractivity contribution in [3.8, 4) is 0 Å². The summed E-state index contributed by atoms with van der Waals surface area (Å²) in [5, 5.41) is 9.39. The highest BCUT2D eigenvalue weighted by Crippen LogP contribution is 2.27. The average Bonchev–Trinajstić information content (AvgIpc) is 3.41. The van der Waals surface area contributed by atoms with Gasteiger partial charge in [0.15, 0.2) is 5.96 Å². The van der Waals surface area contributed by atoms with Crippen molar-refractivity contribution in [2.45, 2.75) is 46.1 Å². The Morgan fingerprint density at radius 2 is 1.92 bits per heavy atom. The van der Waals surface area contributed by atoms with Crippen LogP contribution >= 0.6 is 0 Å². The van der Waals surface area contributed by atoms with Crippen LogP contribution in [0.3, 0.4) is 0 Å². The first kappa shape index (κ1) is 18.3. The fourth-order valence-electron chi connectivity index (χ4n) is 2.23. The smallest absolute Gasteiger partial charge is 0.239 e. The van der Waals surface area contributed by atoms with E-state index < -0.39 is 0 Å². The number of nitrogens with zero attached hydrogens (tertiary/aromatic N) is 1. The van der Waals surface area contributed by atoms with Crippen LogP contribution in [0.25, 0.3) is 0 Å². The lowest BCUT2D eigenvalue weighted by Gasteiger charge is -2.12. The molecular formula is C19H30N4O. The highest BCUT2D eigenvalue weighted by Gasteiger charge is 2.21. The van der Waals surface area contributed by atoms with Crippen molar-refractivity contribution in [2.75, 3.05) is 19.6 Å². The summed E-state index contributed by atoms with van der Waals surface area (Å²) < 4.78 is 0. The Morgan fingerprint density at radius 3 is 2.58 bits per heavy atom. The molecule has 1 aliphatic carbocycles. The van der Waals surface area contributed by atoms with Crippen molar-refractivity contribution < 1.29 is 4.79 Å². The minimum absolute atomic E-state index is 0.0298. The van der Waals surface area contributed by atoms with E-state index in [2.05, 4.69) is 59.1 Å². The standard InChI is InChI=1S/C19H30N4O/c1-3-4-11-20-19(22-13-16-7-5-15(2)6-8-16)23-14-18(24)21-12-17-9-10-17/h5-8,17H,3-4,9-14H2,1-2H3,(H,21,24)(H2,20,22,23). The number of unbranched alkanes of at least 4 members (excludes halogenated alkanes) is 1. The predicted octanol–water partition coefficient (Wildman–Crippen LogP) is 2.36. The number of amides is 1. The van der Waals surface area contributed by atoms with Crippen molar-refractivity contribution in [3.63, 3.8) is 0 Å². The summed E-state index contributed by atoms with van der Waals surface area (Å²) >= 11 is 0. The molecule has 3 N–H and O–H groups in total. The Morgan fingerprint density at radius 1 is 1.17 bits per heavy atom. The van der Waals surface area contributed by atoms with Crippen LogP contribution in [0, 0.1) is 12.8 Å². The number of aliphatic imine (C=N–C) groups is 1. The predicted molar refractivity (Wildman–Crippen MR) is 99.0 cm³/mol. The van der Waals surface area contributed by atoms with Gasteiger partial charge in [0.1, 0.15) is 0 Å². The molecule has 0 aliphatic heterocycles. The summed E-state index contributed by atoms with van der Waals surface area (Å²) in [6.07, 6.45) is 4.70. The van der Waals surface area contributed by atoms with Gasteiger partial charge in [-0.1, -0.05) is 43.2 Å². The topological polar surface area (TPSA) is 65.5 Å². The maximum absolute atomic E-state index is 11.9. The fraction of sp³-hybridized carbons (Fsp3) is 0.579. The minimum Gasteiger partial charge on any atom is -0.356 e. The molecule has 0 radical (unpaired) electrons. The third kappa shape index (κ3) is 7.49. The van der Waals surface area contributed by atoms with Gasteiger partial charge in [0.05, 0.1) is 13.1 Å². The molecule has 5 heteroatoms. The zero-order valence-electron chi connectivity index (χ0n) is 14.9. The molecule has 0 spiro atoms. The van der Waals surface area contributed by atoms with Crippen LogP contribution in [0.2, 0.25) is 0 Å². The lowest BCUT2D eigenvalue weighted by Crippen LogP contribution is -2.43. The lowest BCUT2D eigenvalue weighted by molar-refractivity contribution is -0.120. The van der Waals surface area contributed by atoms with Crippen molar-refractivity contribution in [1.29, 1.82) is 0 Å². The van der Waals surface area contributed by atoms with Gasteiger partial charge >= 0.3 is 0 Å². The lowest BCUT2D eigenvalue weighted by atomic mass is 10.1. The monoisotopic (exact) mass is 330 g/mol. The van der Waals surface area contributed by atoms with Gasteiger partial charge in [-0.15, -0.1) is 0 Å². The number of nitrogens with one attached hydrogen (secondary N) is 3. The summed E-state index contributed by atoms with van der Waals surface area (Å²) in [4.78, 5) is 16.5. The summed E-state index contributed by atoms with van der Waals surface area (Å²) in [5.74, 6) is 1.43. The normalized spacial score (nSPS) is 14.3. The number of hydrogen-bond donors (Lipinski definition) is 3. The maximum Gasteiger partial charge on any atom is 0.239 e. The molecule has 2 rings (SSSR count). The zero-order valence-corrected chi connectivity index (χ0v) is 14.9. The van der Waals surface area contributed by atoms with Crippen LogP contribution in [-0.4, -0.2) is 31.5 Å². The molecule has 1 amide bonds. The highest BCUT2D eigenvalue weighted by molar-refractivity contribution is 5.86. The molecular weight excluding hydrogens is 300 g/mol. The third-order valence-corrected chi connectivity index (χ3v) is 4.06. The molecule has 132 valence electrons. The molecule has 1 aromatic carbocycles. The summed E-state index contributed by atoms with van der Waals surface area (Å²) in [6.45, 7) is 6.76. The average molecular weight is 330 g/mol. The van der Waals surface area contributed by atoms with Gasteiger partial charge in [-0.2, -0.15) is 0 Å². The molecule has 5 nitrogen and oxygen atoms in total. The molecule has 1 fully saturated rings. The van der Waals surface area contributed by atoms with Crippen LogP contribution in [-0.2, 0) is 11.3 Å². The van der Waals surface area contributed by atoms with E-state index >= 15 is 0 Å². The number of hydrogen-bond acceptors (Lipinski definition) is 2. The van der Waals surface area contributed by atoms with Gasteiger partial charge in [-0.05, 0) is 37.7 Å². The van der Waals surface area contributed by atoms with Gasteiger partial charge < -0.3 is 16.0 Å². The summed E-state index contributed by atoms with van der Waals surface area (Å²) in [6, 6.07) is 8.36. The van der Waals surface area contributed by atoms with Gasteiger partial charge in [0, 0.05) is 13.1 Å². The molecule has 0 atom stereocenters. The molecule has 0 unspecified atom stereocenters. The molecule has 0 heterocycles. The maximum atomic E-state index is 11.9. The van der Waals surface area contributed by atoms with Crippen molar-refractivity contribution in [3.05, 3.63) is 35.4 Å². The molecule has 0 saturated heterocycles. The van der Waals surface area contributed by atoms with Crippen LogP contribution < -0.4 is 16.0 Å². The number of aryl methyl sites for hydroxylation is 1. The Balaban J connectivity index is 1.81. The second kappa shape index (κ2) is 9.96. The van der Waals surface area contributed by atoms with E-state index in [1.54, 1.807) is 0 Å². The van der Waals surface area contributed by atoms with E-state index in [1.807, 2.05) is 0 Å². The van der Waals surface area contributed by atoms with Crippen molar-refractivity contribution >= 4 is 11.9 Å². The van der Waals surface area contributed by atoms with E-state index in [0.29, 0.717) is 18.4 Å². The first-order valence-corrected chi connectivity index (χ1v) is 9.01. The van der Waals surface area contributed by atoms with Crippen LogP contribution in [0.5, 0.6) is 0 Å². The number of rotatable bonds is 9. The Bertz CT molecular complexity index is 535. The molecule has 24 heavy (non-hydrogen) atoms. The van der Waals surface area contributed by atoms with Gasteiger partial charge in [0.25, 0.3) is 0 Å². The number of benzene rings is 1. The Kier molecular flexibility index (Phi) is 7.59. The second-order valence-corrected chi connectivity index (χ2v) is 6.53. The van der Waals surface area contributed by atoms with Crippen molar-refractivity contribution in [1.82, 2.24) is 16.0 Å². The van der Waals surface area contributed by atoms with Crippen molar-refractivity contribution in [2.24, 2.45) is 10.9 Å². The SMILES string of the molecule is CCCCNC(=NCc1ccc(C)cc1)NCC(=O)NCC1CC1. The Hall–Kier alpha value is -2.04. The minimum atomic E-state index is 0.0298. The summed E-state index contributed by atoms with van der Waals surface area (Å²) in [7, 11) is 0. The van der Waals surface area contributed by atoms with Gasteiger partial charge in [0.2, 0.25) is 5.91 Å². The highest BCUT2D eigenvalue weighted by atomic mass is 16.1. The molecule has 1 aliphatic rings. The first-order valence-electron chi connectivity index (χ1n) is 9.01. The van der Waals surface area contributed by atoms with E-state index in [9.17, 15) is 4.79 Å². The third-order valence-electron chi connectivity index (χ3n) is 4.06. The molecule has 0 aromatic heterocycles. The van der Waals surface area contributed by atoms with E-state index in [-0.39, 0.29) is 12.5 Å². The first-order chi connectivity index (χ1) is 11.7. The van der Waals surface area contributed by atoms with Crippen LogP contribution in [0.15, 0.2) is 29.3 Å². The Labute approximate surface area is 145 Å². The zero-order chi connectivity index (χ0) is 17.2. The largest absolute Gasteiger partial charge is 0.356 e. The van der Waals surface area contributed by atoms with E-state index in [1.165, 1.54) is 18.4 Å². The quantitative estimate of drug-likeness (QED) is 0.370. The van der Waals surface area contributed by atoms with Crippen LogP contribution in [0.4, 0.5) is 0 Å². The number of carbonyl (C=O) groups is 1. The fourth-order valence-corrected chi connectivity index (χ4v) is 2.23. The molecule has 0 bridgehead atoms. The van der Waals surface area contributed by atoms with Crippen LogP contribution in [0.1, 0.15) is 43.7 Å². The summed E-state index contributed by atoms with van der Waals surface area (Å²) in [5.41, 5.74) is 2.41. The van der Waals surface area contributed by atoms with Gasteiger partial charge in [-0.3, -0.25) is 4.79 Å². The number of carbonyl (C=O) groups excluding carboxylic acids is 1. The van der Waals surface area contributed by atoms with E-state index in [0.717, 1.165) is 31.5 Å². The molecule has 1 saturated carbocycles. The second-order valence-electron chi connectivity index (χ2n) is 6.53. The van der Waals surface area contributed by atoms with E-state index in [4.69, 9.17) is 0 Å². The molecule has 1 aromatic rings.